The molecule has 1 aliphatic heterocycles. The number of pyridine rings is 1. The number of rotatable bonds is 2. The summed E-state index contributed by atoms with van der Waals surface area (Å²) in [5.41, 5.74) is 2.64. The fourth-order valence-corrected chi connectivity index (χ4v) is 3.78. The van der Waals surface area contributed by atoms with Gasteiger partial charge in [0.2, 0.25) is 0 Å². The van der Waals surface area contributed by atoms with E-state index in [1.54, 1.807) is 0 Å². The second kappa shape index (κ2) is 5.24. The van der Waals surface area contributed by atoms with Crippen LogP contribution in [0, 0.1) is 11.3 Å². The average molecular weight is 299 g/mol. The number of aromatic nitrogens is 1. The first-order valence-corrected chi connectivity index (χ1v) is 8.20. The van der Waals surface area contributed by atoms with Crippen molar-refractivity contribution in [2.24, 2.45) is 0 Å². The Bertz CT molecular complexity index is 628. The molecule has 4 heteroatoms. The van der Waals surface area contributed by atoms with Gasteiger partial charge in [0.15, 0.2) is 0 Å². The molecule has 1 saturated heterocycles. The van der Waals surface area contributed by atoms with Gasteiger partial charge in [0.05, 0.1) is 22.8 Å². The normalized spacial score (nSPS) is 25.3. The molecule has 0 bridgehead atoms. The van der Waals surface area contributed by atoms with Gasteiger partial charge >= 0.3 is 0 Å². The lowest BCUT2D eigenvalue weighted by molar-refractivity contribution is -0.0662. The minimum Gasteiger partial charge on any atom is -0.367 e. The molecular weight excluding hydrogens is 274 g/mol. The summed E-state index contributed by atoms with van der Waals surface area (Å²) < 4.78 is 6.13. The largest absolute Gasteiger partial charge is 0.367 e. The first-order valence-electron chi connectivity index (χ1n) is 8.20. The van der Waals surface area contributed by atoms with Crippen molar-refractivity contribution >= 4 is 5.82 Å². The van der Waals surface area contributed by atoms with Crippen molar-refractivity contribution in [3.63, 3.8) is 0 Å². The number of ether oxygens (including phenoxy) is 1. The maximum absolute atomic E-state index is 9.47. The molecule has 1 atom stereocenters. The summed E-state index contributed by atoms with van der Waals surface area (Å²) in [5.74, 6) is 0.725. The molecule has 2 aliphatic rings. The fraction of sp³-hybridized carbons (Fsp3) is 0.667. The van der Waals surface area contributed by atoms with E-state index in [0.717, 1.165) is 30.8 Å². The van der Waals surface area contributed by atoms with E-state index in [2.05, 4.69) is 39.1 Å². The van der Waals surface area contributed by atoms with E-state index in [0.29, 0.717) is 5.56 Å². The summed E-state index contributed by atoms with van der Waals surface area (Å²) in [5, 5.41) is 13.0. The zero-order valence-electron chi connectivity index (χ0n) is 14.0. The van der Waals surface area contributed by atoms with E-state index in [-0.39, 0.29) is 17.2 Å². The molecule has 1 aromatic heterocycles. The molecule has 22 heavy (non-hydrogen) atoms. The number of hydrogen-bond acceptors (Lipinski definition) is 4. The van der Waals surface area contributed by atoms with Crippen molar-refractivity contribution in [1.82, 2.24) is 4.98 Å². The first-order chi connectivity index (χ1) is 10.3. The molecule has 1 aromatic rings. The molecule has 1 N–H and O–H groups in total. The van der Waals surface area contributed by atoms with Gasteiger partial charge < -0.3 is 10.1 Å². The molecule has 1 fully saturated rings. The van der Waals surface area contributed by atoms with Crippen LogP contribution in [0.3, 0.4) is 0 Å². The summed E-state index contributed by atoms with van der Waals surface area (Å²) in [6, 6.07) is 4.48. The lowest BCUT2D eigenvalue weighted by Gasteiger charge is -2.28. The molecule has 1 aliphatic carbocycles. The van der Waals surface area contributed by atoms with Crippen molar-refractivity contribution in [3.05, 3.63) is 22.9 Å². The summed E-state index contributed by atoms with van der Waals surface area (Å²) in [4.78, 5) is 4.77. The van der Waals surface area contributed by atoms with Crippen molar-refractivity contribution in [1.29, 1.82) is 5.26 Å². The molecule has 2 heterocycles. The molecule has 0 spiro atoms. The Kier molecular flexibility index (Phi) is 3.65. The van der Waals surface area contributed by atoms with Crippen LogP contribution in [0.15, 0.2) is 6.07 Å². The van der Waals surface area contributed by atoms with E-state index < -0.39 is 0 Å². The summed E-state index contributed by atoms with van der Waals surface area (Å²) >= 11 is 0. The van der Waals surface area contributed by atoms with Crippen LogP contribution >= 0.6 is 0 Å². The number of nitriles is 1. The van der Waals surface area contributed by atoms with Gasteiger partial charge in [-0.25, -0.2) is 4.98 Å². The van der Waals surface area contributed by atoms with Gasteiger partial charge in [-0.3, -0.25) is 0 Å². The Hall–Kier alpha value is -1.60. The fourth-order valence-electron chi connectivity index (χ4n) is 3.78. The highest BCUT2D eigenvalue weighted by Gasteiger charge is 2.46. The SMILES string of the molecule is CC1(C)CC(Nc2nc3c(cc2C#N)CCCC3)C(C)(C)O1. The highest BCUT2D eigenvalue weighted by molar-refractivity contribution is 5.55. The summed E-state index contributed by atoms with van der Waals surface area (Å²) in [6.07, 6.45) is 5.36. The smallest absolute Gasteiger partial charge is 0.144 e. The van der Waals surface area contributed by atoms with Crippen LogP contribution in [0.2, 0.25) is 0 Å². The lowest BCUT2D eigenvalue weighted by atomic mass is 9.93. The summed E-state index contributed by atoms with van der Waals surface area (Å²) in [6.45, 7) is 8.43. The second-order valence-corrected chi connectivity index (χ2v) is 7.68. The molecule has 3 rings (SSSR count). The minimum absolute atomic E-state index is 0.151. The van der Waals surface area contributed by atoms with Crippen LogP contribution in [0.4, 0.5) is 5.82 Å². The summed E-state index contributed by atoms with van der Waals surface area (Å²) in [7, 11) is 0. The van der Waals surface area contributed by atoms with Gasteiger partial charge in [-0.15, -0.1) is 0 Å². The third kappa shape index (κ3) is 2.83. The number of hydrogen-bond donors (Lipinski definition) is 1. The van der Waals surface area contributed by atoms with E-state index >= 15 is 0 Å². The van der Waals surface area contributed by atoms with Crippen LogP contribution in [0.5, 0.6) is 0 Å². The maximum Gasteiger partial charge on any atom is 0.144 e. The molecule has 4 nitrogen and oxygen atoms in total. The lowest BCUT2D eigenvalue weighted by Crippen LogP contribution is -2.38. The Morgan fingerprint density at radius 3 is 2.64 bits per heavy atom. The van der Waals surface area contributed by atoms with Crippen LogP contribution in [-0.4, -0.2) is 22.2 Å². The van der Waals surface area contributed by atoms with E-state index in [1.807, 2.05) is 6.07 Å². The average Bonchev–Trinajstić information content (AvgIpc) is 2.65. The maximum atomic E-state index is 9.47. The van der Waals surface area contributed by atoms with Crippen LogP contribution in [0.25, 0.3) is 0 Å². The number of fused-ring (bicyclic) bond motifs is 1. The number of nitrogens with zero attached hydrogens (tertiary/aromatic N) is 2. The number of aryl methyl sites for hydroxylation is 2. The Labute approximate surface area is 132 Å². The quantitative estimate of drug-likeness (QED) is 0.906. The minimum atomic E-state index is -0.270. The predicted molar refractivity (Wildman–Crippen MR) is 86.9 cm³/mol. The Morgan fingerprint density at radius 2 is 2.00 bits per heavy atom. The Balaban J connectivity index is 1.91. The third-order valence-corrected chi connectivity index (χ3v) is 4.81. The van der Waals surface area contributed by atoms with Crippen molar-refractivity contribution in [2.45, 2.75) is 77.0 Å². The highest BCUT2D eigenvalue weighted by Crippen LogP contribution is 2.39. The molecule has 0 saturated carbocycles. The zero-order valence-corrected chi connectivity index (χ0v) is 14.0. The van der Waals surface area contributed by atoms with Gasteiger partial charge in [-0.05, 0) is 71.4 Å². The monoisotopic (exact) mass is 299 g/mol. The van der Waals surface area contributed by atoms with E-state index in [4.69, 9.17) is 9.72 Å². The number of anilines is 1. The van der Waals surface area contributed by atoms with Crippen LogP contribution in [-0.2, 0) is 17.6 Å². The molecule has 0 amide bonds. The third-order valence-electron chi connectivity index (χ3n) is 4.81. The van der Waals surface area contributed by atoms with Gasteiger partial charge in [-0.2, -0.15) is 5.26 Å². The van der Waals surface area contributed by atoms with Gasteiger partial charge in [0.25, 0.3) is 0 Å². The van der Waals surface area contributed by atoms with Gasteiger partial charge in [0, 0.05) is 5.69 Å². The molecule has 118 valence electrons. The zero-order chi connectivity index (χ0) is 16.0. The second-order valence-electron chi connectivity index (χ2n) is 7.68. The van der Waals surface area contributed by atoms with Crippen molar-refractivity contribution in [2.75, 3.05) is 5.32 Å². The molecule has 1 unspecified atom stereocenters. The number of nitrogens with one attached hydrogen (secondary N) is 1. The molecular formula is C18H25N3O. The van der Waals surface area contributed by atoms with Crippen molar-refractivity contribution < 1.29 is 4.74 Å². The first kappa shape index (κ1) is 15.3. The standard InChI is InChI=1S/C18H25N3O/c1-17(2)10-15(18(3,4)22-17)21-16-13(11-19)9-12-7-5-6-8-14(12)20-16/h9,15H,5-8,10H2,1-4H3,(H,20,21). The van der Waals surface area contributed by atoms with Crippen LogP contribution < -0.4 is 5.32 Å². The van der Waals surface area contributed by atoms with Crippen molar-refractivity contribution in [3.8, 4) is 6.07 Å². The van der Waals surface area contributed by atoms with Gasteiger partial charge in [0.1, 0.15) is 11.9 Å². The predicted octanol–water partition coefficient (Wildman–Crippen LogP) is 3.59. The highest BCUT2D eigenvalue weighted by atomic mass is 16.5. The molecule has 0 aromatic carbocycles. The van der Waals surface area contributed by atoms with E-state index in [9.17, 15) is 5.26 Å². The molecule has 0 radical (unpaired) electrons. The van der Waals surface area contributed by atoms with Gasteiger partial charge in [-0.1, -0.05) is 0 Å². The topological polar surface area (TPSA) is 57.9 Å². The van der Waals surface area contributed by atoms with Crippen LogP contribution in [0.1, 0.15) is 63.8 Å². The van der Waals surface area contributed by atoms with E-state index in [1.165, 1.54) is 18.4 Å². The Morgan fingerprint density at radius 1 is 1.27 bits per heavy atom.